The van der Waals surface area contributed by atoms with Gasteiger partial charge < -0.3 is 16.0 Å². The average molecular weight is 276 g/mol. The van der Waals surface area contributed by atoms with Crippen LogP contribution in [0.2, 0.25) is 0 Å². The van der Waals surface area contributed by atoms with Gasteiger partial charge in [0.1, 0.15) is 5.82 Å². The lowest BCUT2D eigenvalue weighted by molar-refractivity contribution is 1.11. The van der Waals surface area contributed by atoms with Crippen LogP contribution < -0.4 is 11.5 Å². The molecule has 21 heavy (non-hydrogen) atoms. The van der Waals surface area contributed by atoms with E-state index in [1.54, 1.807) is 12.4 Å². The highest BCUT2D eigenvalue weighted by Crippen LogP contribution is 2.30. The molecule has 0 aliphatic carbocycles. The van der Waals surface area contributed by atoms with Gasteiger partial charge >= 0.3 is 0 Å². The number of anilines is 2. The standard InChI is InChI=1S/C15H12N6/c16-14-13-10-5-8-21(9-3-6-18-7-4-9)12(10)2-1-11(13)19-15(17)20-14/h1-8H,(H4,16,17,19,20). The molecule has 0 saturated carbocycles. The largest absolute Gasteiger partial charge is 0.383 e. The summed E-state index contributed by atoms with van der Waals surface area (Å²) in [6.45, 7) is 0. The topological polar surface area (TPSA) is 95.6 Å². The van der Waals surface area contributed by atoms with Gasteiger partial charge in [-0.25, -0.2) is 4.98 Å². The molecule has 0 unspecified atom stereocenters. The summed E-state index contributed by atoms with van der Waals surface area (Å²) in [6, 6.07) is 9.82. The fourth-order valence-corrected chi connectivity index (χ4v) is 2.63. The van der Waals surface area contributed by atoms with Gasteiger partial charge in [0.05, 0.1) is 16.4 Å². The average Bonchev–Trinajstić information content (AvgIpc) is 2.91. The van der Waals surface area contributed by atoms with Crippen molar-refractivity contribution in [1.29, 1.82) is 0 Å². The summed E-state index contributed by atoms with van der Waals surface area (Å²) < 4.78 is 2.08. The predicted octanol–water partition coefficient (Wildman–Crippen LogP) is 2.13. The first-order chi connectivity index (χ1) is 10.2. The van der Waals surface area contributed by atoms with Crippen molar-refractivity contribution in [3.63, 3.8) is 0 Å². The molecule has 4 rings (SSSR count). The quantitative estimate of drug-likeness (QED) is 0.555. The lowest BCUT2D eigenvalue weighted by atomic mass is 10.1. The van der Waals surface area contributed by atoms with Gasteiger partial charge in [-0.05, 0) is 30.3 Å². The Bertz CT molecular complexity index is 958. The Hall–Kier alpha value is -3.15. The smallest absolute Gasteiger partial charge is 0.222 e. The number of nitrogens with zero attached hydrogens (tertiary/aromatic N) is 4. The van der Waals surface area contributed by atoms with Crippen LogP contribution >= 0.6 is 0 Å². The minimum Gasteiger partial charge on any atom is -0.383 e. The van der Waals surface area contributed by atoms with Crippen LogP contribution in [0.25, 0.3) is 27.5 Å². The molecule has 0 bridgehead atoms. The number of aromatic nitrogens is 4. The molecule has 0 aliphatic heterocycles. The van der Waals surface area contributed by atoms with Gasteiger partial charge in [0.2, 0.25) is 5.95 Å². The fourth-order valence-electron chi connectivity index (χ4n) is 2.63. The predicted molar refractivity (Wildman–Crippen MR) is 83.0 cm³/mol. The number of nitrogens with two attached hydrogens (primary N) is 2. The molecule has 4 aromatic rings. The van der Waals surface area contributed by atoms with Crippen molar-refractivity contribution in [1.82, 2.24) is 19.5 Å². The maximum Gasteiger partial charge on any atom is 0.222 e. The maximum atomic E-state index is 6.02. The van der Waals surface area contributed by atoms with E-state index in [2.05, 4.69) is 19.5 Å². The van der Waals surface area contributed by atoms with E-state index in [0.717, 1.165) is 27.5 Å². The second kappa shape index (κ2) is 4.17. The Kier molecular flexibility index (Phi) is 2.32. The molecule has 6 nitrogen and oxygen atoms in total. The maximum absolute atomic E-state index is 6.02. The summed E-state index contributed by atoms with van der Waals surface area (Å²) in [4.78, 5) is 12.3. The highest BCUT2D eigenvalue weighted by atomic mass is 15.0. The molecular weight excluding hydrogens is 264 g/mol. The molecule has 0 aliphatic rings. The van der Waals surface area contributed by atoms with Crippen molar-refractivity contribution in [3.05, 3.63) is 48.9 Å². The van der Waals surface area contributed by atoms with Gasteiger partial charge in [-0.1, -0.05) is 0 Å². The lowest BCUT2D eigenvalue weighted by Crippen LogP contribution is -2.00. The molecule has 0 spiro atoms. The van der Waals surface area contributed by atoms with E-state index in [1.165, 1.54) is 0 Å². The molecule has 102 valence electrons. The van der Waals surface area contributed by atoms with Crippen LogP contribution in [0.3, 0.4) is 0 Å². The highest BCUT2D eigenvalue weighted by Gasteiger charge is 2.11. The molecule has 0 atom stereocenters. The van der Waals surface area contributed by atoms with Gasteiger partial charge in [-0.3, -0.25) is 4.98 Å². The summed E-state index contributed by atoms with van der Waals surface area (Å²) in [5.74, 6) is 0.587. The third-order valence-corrected chi connectivity index (χ3v) is 3.52. The molecule has 0 amide bonds. The van der Waals surface area contributed by atoms with Crippen molar-refractivity contribution in [2.75, 3.05) is 11.5 Å². The zero-order chi connectivity index (χ0) is 14.4. The Balaban J connectivity index is 2.09. The molecule has 3 heterocycles. The van der Waals surface area contributed by atoms with Gasteiger partial charge in [0, 0.05) is 29.7 Å². The molecule has 0 fully saturated rings. The van der Waals surface area contributed by atoms with Crippen LogP contribution in [0.15, 0.2) is 48.9 Å². The number of hydrogen-bond donors (Lipinski definition) is 2. The van der Waals surface area contributed by atoms with E-state index >= 15 is 0 Å². The van der Waals surface area contributed by atoms with E-state index in [4.69, 9.17) is 11.5 Å². The third kappa shape index (κ3) is 1.69. The van der Waals surface area contributed by atoms with E-state index in [1.807, 2.05) is 36.5 Å². The summed E-state index contributed by atoms with van der Waals surface area (Å²) >= 11 is 0. The molecular formula is C15H12N6. The van der Waals surface area contributed by atoms with Gasteiger partial charge in [-0.2, -0.15) is 4.98 Å². The highest BCUT2D eigenvalue weighted by molar-refractivity contribution is 6.10. The zero-order valence-corrected chi connectivity index (χ0v) is 11.1. The summed E-state index contributed by atoms with van der Waals surface area (Å²) in [5, 5.41) is 1.83. The van der Waals surface area contributed by atoms with Crippen LogP contribution in [-0.4, -0.2) is 19.5 Å². The summed E-state index contributed by atoms with van der Waals surface area (Å²) in [7, 11) is 0. The Morgan fingerprint density at radius 1 is 0.905 bits per heavy atom. The SMILES string of the molecule is Nc1nc(N)c2c(ccc3c2ccn3-c2ccncc2)n1. The second-order valence-electron chi connectivity index (χ2n) is 4.75. The molecule has 4 N–H and O–H groups in total. The van der Waals surface area contributed by atoms with E-state index in [9.17, 15) is 0 Å². The minimum absolute atomic E-state index is 0.188. The number of nitrogen functional groups attached to an aromatic ring is 2. The van der Waals surface area contributed by atoms with Crippen molar-refractivity contribution < 1.29 is 0 Å². The van der Waals surface area contributed by atoms with Gasteiger partial charge in [0.15, 0.2) is 0 Å². The number of benzene rings is 1. The first-order valence-corrected chi connectivity index (χ1v) is 6.47. The van der Waals surface area contributed by atoms with Crippen molar-refractivity contribution in [2.24, 2.45) is 0 Å². The lowest BCUT2D eigenvalue weighted by Gasteiger charge is -2.07. The van der Waals surface area contributed by atoms with E-state index in [0.29, 0.717) is 5.82 Å². The van der Waals surface area contributed by atoms with Crippen molar-refractivity contribution >= 4 is 33.6 Å². The van der Waals surface area contributed by atoms with Crippen LogP contribution in [0.5, 0.6) is 0 Å². The van der Waals surface area contributed by atoms with Gasteiger partial charge in [-0.15, -0.1) is 0 Å². The second-order valence-corrected chi connectivity index (χ2v) is 4.75. The van der Waals surface area contributed by atoms with Crippen LogP contribution in [0.4, 0.5) is 11.8 Å². The van der Waals surface area contributed by atoms with E-state index < -0.39 is 0 Å². The number of hydrogen-bond acceptors (Lipinski definition) is 5. The number of fused-ring (bicyclic) bond motifs is 3. The first-order valence-electron chi connectivity index (χ1n) is 6.47. The Morgan fingerprint density at radius 2 is 1.71 bits per heavy atom. The number of rotatable bonds is 1. The zero-order valence-electron chi connectivity index (χ0n) is 11.1. The monoisotopic (exact) mass is 276 g/mol. The number of pyridine rings is 1. The first kappa shape index (κ1) is 11.7. The normalized spacial score (nSPS) is 11.2. The fraction of sp³-hybridized carbons (Fsp3) is 0. The van der Waals surface area contributed by atoms with Crippen LogP contribution in [0.1, 0.15) is 0 Å². The van der Waals surface area contributed by atoms with Crippen LogP contribution in [-0.2, 0) is 0 Å². The molecule has 0 saturated heterocycles. The van der Waals surface area contributed by atoms with Crippen molar-refractivity contribution in [2.45, 2.75) is 0 Å². The molecule has 1 aromatic carbocycles. The molecule has 3 aromatic heterocycles. The van der Waals surface area contributed by atoms with Gasteiger partial charge in [0.25, 0.3) is 0 Å². The molecule has 0 radical (unpaired) electrons. The Morgan fingerprint density at radius 3 is 2.52 bits per heavy atom. The van der Waals surface area contributed by atoms with Crippen LogP contribution in [0, 0.1) is 0 Å². The minimum atomic E-state index is 0.188. The summed E-state index contributed by atoms with van der Waals surface area (Å²) in [5.41, 5.74) is 14.5. The molecule has 6 heteroatoms. The summed E-state index contributed by atoms with van der Waals surface area (Å²) in [6.07, 6.45) is 5.52. The Labute approximate surface area is 120 Å². The van der Waals surface area contributed by atoms with E-state index in [-0.39, 0.29) is 5.95 Å². The third-order valence-electron chi connectivity index (χ3n) is 3.52. The van der Waals surface area contributed by atoms with Crippen molar-refractivity contribution in [3.8, 4) is 5.69 Å².